The Labute approximate surface area is 98.9 Å². The second kappa shape index (κ2) is 4.55. The van der Waals surface area contributed by atoms with Gasteiger partial charge in [0.15, 0.2) is 8.46 Å². The van der Waals surface area contributed by atoms with Crippen LogP contribution in [0.3, 0.4) is 0 Å². The van der Waals surface area contributed by atoms with E-state index < -0.39 is 0 Å². The molecule has 0 spiro atoms. The Morgan fingerprint density at radius 2 is 2.06 bits per heavy atom. The molecule has 0 bridgehead atoms. The molecule has 3 heteroatoms. The molecule has 0 aromatic heterocycles. The molecule has 2 unspecified atom stereocenters. The fourth-order valence-electron chi connectivity index (χ4n) is 2.46. The average molecular weight is 235 g/mol. The monoisotopic (exact) mass is 235 g/mol. The molecule has 16 heavy (non-hydrogen) atoms. The summed E-state index contributed by atoms with van der Waals surface area (Å²) in [5.41, 5.74) is 1.18. The summed E-state index contributed by atoms with van der Waals surface area (Å²) in [4.78, 5) is 2.29. The molecular formula is C13H18NOP. The number of anilines is 1. The van der Waals surface area contributed by atoms with Crippen molar-refractivity contribution in [2.24, 2.45) is 5.92 Å². The van der Waals surface area contributed by atoms with Crippen molar-refractivity contribution in [2.45, 2.75) is 32.0 Å². The van der Waals surface area contributed by atoms with Crippen LogP contribution in [0.5, 0.6) is 0 Å². The predicted molar refractivity (Wildman–Crippen MR) is 68.2 cm³/mol. The lowest BCUT2D eigenvalue weighted by Gasteiger charge is -2.46. The highest BCUT2D eigenvalue weighted by atomic mass is 31.1. The Bertz CT molecular complexity index is 367. The molecule has 2 nitrogen and oxygen atoms in total. The van der Waals surface area contributed by atoms with E-state index in [0.29, 0.717) is 5.92 Å². The summed E-state index contributed by atoms with van der Waals surface area (Å²) in [7, 11) is 0.229. The van der Waals surface area contributed by atoms with E-state index in [2.05, 4.69) is 30.9 Å². The first kappa shape index (κ1) is 11.6. The van der Waals surface area contributed by atoms with Crippen molar-refractivity contribution in [2.75, 3.05) is 11.4 Å². The van der Waals surface area contributed by atoms with E-state index in [0.717, 1.165) is 13.0 Å². The molecule has 0 N–H and O–H groups in total. The lowest BCUT2D eigenvalue weighted by Crippen LogP contribution is -2.50. The van der Waals surface area contributed by atoms with Gasteiger partial charge in [0, 0.05) is 12.2 Å². The van der Waals surface area contributed by atoms with Gasteiger partial charge in [0.1, 0.15) is 5.28 Å². The van der Waals surface area contributed by atoms with Gasteiger partial charge in [-0.3, -0.25) is 4.57 Å². The van der Waals surface area contributed by atoms with Crippen molar-refractivity contribution in [3.05, 3.63) is 30.3 Å². The third-order valence-electron chi connectivity index (χ3n) is 3.75. The number of para-hydroxylation sites is 1. The lowest BCUT2D eigenvalue weighted by molar-refractivity contribution is 0.322. The first-order chi connectivity index (χ1) is 7.68. The van der Waals surface area contributed by atoms with Crippen molar-refractivity contribution in [3.63, 3.8) is 0 Å². The number of rotatable bonds is 2. The molecule has 86 valence electrons. The van der Waals surface area contributed by atoms with E-state index in [1.807, 2.05) is 18.2 Å². The quantitative estimate of drug-likeness (QED) is 0.724. The summed E-state index contributed by atoms with van der Waals surface area (Å²) >= 11 is 0. The summed E-state index contributed by atoms with van der Waals surface area (Å²) in [5.74, 6) is 0.459. The SMILES string of the molecule is CC1CCCN(c2ccccc2)C1(C)P=O. The maximum atomic E-state index is 11.5. The molecule has 2 atom stereocenters. The molecule has 0 amide bonds. The van der Waals surface area contributed by atoms with E-state index in [4.69, 9.17) is 0 Å². The number of hydrogen-bond donors (Lipinski definition) is 0. The number of benzene rings is 1. The van der Waals surface area contributed by atoms with E-state index in [1.165, 1.54) is 12.1 Å². The number of piperidine rings is 1. The van der Waals surface area contributed by atoms with Gasteiger partial charge >= 0.3 is 0 Å². The van der Waals surface area contributed by atoms with Gasteiger partial charge in [-0.15, -0.1) is 0 Å². The molecule has 2 rings (SSSR count). The van der Waals surface area contributed by atoms with Gasteiger partial charge < -0.3 is 4.90 Å². The Hall–Kier alpha value is -0.880. The van der Waals surface area contributed by atoms with Crippen molar-refractivity contribution >= 4 is 14.1 Å². The maximum Gasteiger partial charge on any atom is 0.183 e. The molecule has 1 heterocycles. The van der Waals surface area contributed by atoms with Gasteiger partial charge in [0.05, 0.1) is 0 Å². The molecular weight excluding hydrogens is 217 g/mol. The Kier molecular flexibility index (Phi) is 3.30. The van der Waals surface area contributed by atoms with Crippen LogP contribution in [0.2, 0.25) is 0 Å². The van der Waals surface area contributed by atoms with Crippen LogP contribution in [0.4, 0.5) is 5.69 Å². The molecule has 0 saturated carbocycles. The standard InChI is InChI=1S/C13H18NOP/c1-11-7-6-10-14(13(11,2)16-15)12-8-4-3-5-9-12/h3-5,8-9,11H,6-7,10H2,1-2H3. The Morgan fingerprint density at radius 3 is 2.69 bits per heavy atom. The van der Waals surface area contributed by atoms with Crippen LogP contribution in [-0.4, -0.2) is 11.8 Å². The van der Waals surface area contributed by atoms with E-state index in [9.17, 15) is 4.57 Å². The van der Waals surface area contributed by atoms with Crippen LogP contribution in [0.15, 0.2) is 30.3 Å². The summed E-state index contributed by atoms with van der Waals surface area (Å²) in [6, 6.07) is 10.3. The van der Waals surface area contributed by atoms with Crippen molar-refractivity contribution in [3.8, 4) is 0 Å². The van der Waals surface area contributed by atoms with Crippen LogP contribution in [0, 0.1) is 5.92 Å². The fraction of sp³-hybridized carbons (Fsp3) is 0.538. The highest BCUT2D eigenvalue weighted by Gasteiger charge is 2.41. The third-order valence-corrected chi connectivity index (χ3v) is 4.80. The fourth-order valence-corrected chi connectivity index (χ4v) is 3.08. The molecule has 1 saturated heterocycles. The van der Waals surface area contributed by atoms with Gasteiger partial charge in [0.25, 0.3) is 0 Å². The van der Waals surface area contributed by atoms with E-state index in [1.54, 1.807) is 0 Å². The maximum absolute atomic E-state index is 11.5. The second-order valence-corrected chi connectivity index (χ2v) is 5.80. The average Bonchev–Trinajstić information content (AvgIpc) is 2.34. The second-order valence-electron chi connectivity index (χ2n) is 4.72. The van der Waals surface area contributed by atoms with Gasteiger partial charge in [-0.05, 0) is 37.8 Å². The minimum absolute atomic E-state index is 0.229. The highest BCUT2D eigenvalue weighted by Crippen LogP contribution is 2.43. The number of hydrogen-bond acceptors (Lipinski definition) is 2. The molecule has 1 fully saturated rings. The van der Waals surface area contributed by atoms with Crippen LogP contribution in [0.25, 0.3) is 0 Å². The van der Waals surface area contributed by atoms with Crippen LogP contribution < -0.4 is 4.90 Å². The first-order valence-corrected chi connectivity index (χ1v) is 6.67. The van der Waals surface area contributed by atoms with E-state index >= 15 is 0 Å². The van der Waals surface area contributed by atoms with Crippen molar-refractivity contribution in [1.29, 1.82) is 0 Å². The molecule has 1 aromatic carbocycles. The zero-order valence-electron chi connectivity index (χ0n) is 9.89. The van der Waals surface area contributed by atoms with Gasteiger partial charge in [-0.25, -0.2) is 0 Å². The largest absolute Gasteiger partial charge is 0.355 e. The molecule has 0 radical (unpaired) electrons. The van der Waals surface area contributed by atoms with Crippen LogP contribution >= 0.6 is 8.46 Å². The smallest absolute Gasteiger partial charge is 0.183 e. The molecule has 0 aliphatic carbocycles. The van der Waals surface area contributed by atoms with Crippen LogP contribution in [-0.2, 0) is 4.57 Å². The number of nitrogens with zero attached hydrogens (tertiary/aromatic N) is 1. The summed E-state index contributed by atoms with van der Waals surface area (Å²) in [6.07, 6.45) is 2.34. The Morgan fingerprint density at radius 1 is 1.38 bits per heavy atom. The predicted octanol–water partition coefficient (Wildman–Crippen LogP) is 3.93. The third kappa shape index (κ3) is 1.87. The van der Waals surface area contributed by atoms with Crippen molar-refractivity contribution < 1.29 is 4.57 Å². The van der Waals surface area contributed by atoms with Crippen molar-refractivity contribution in [1.82, 2.24) is 0 Å². The Balaban J connectivity index is 2.35. The normalized spacial score (nSPS) is 30.6. The summed E-state index contributed by atoms with van der Waals surface area (Å²) in [5, 5.41) is -0.250. The summed E-state index contributed by atoms with van der Waals surface area (Å²) in [6.45, 7) is 5.29. The first-order valence-electron chi connectivity index (χ1n) is 5.85. The van der Waals surface area contributed by atoms with Crippen LogP contribution in [0.1, 0.15) is 26.7 Å². The topological polar surface area (TPSA) is 20.3 Å². The molecule has 1 aliphatic rings. The minimum Gasteiger partial charge on any atom is -0.355 e. The highest BCUT2D eigenvalue weighted by molar-refractivity contribution is 7.26. The summed E-state index contributed by atoms with van der Waals surface area (Å²) < 4.78 is 11.5. The minimum atomic E-state index is -0.250. The van der Waals surface area contributed by atoms with E-state index in [-0.39, 0.29) is 13.7 Å². The molecule has 1 aromatic rings. The zero-order valence-corrected chi connectivity index (χ0v) is 10.8. The van der Waals surface area contributed by atoms with Gasteiger partial charge in [0.2, 0.25) is 0 Å². The van der Waals surface area contributed by atoms with Gasteiger partial charge in [-0.1, -0.05) is 25.1 Å². The lowest BCUT2D eigenvalue weighted by atomic mass is 9.90. The van der Waals surface area contributed by atoms with Gasteiger partial charge in [-0.2, -0.15) is 0 Å². The zero-order chi connectivity index (χ0) is 11.6. The molecule has 1 aliphatic heterocycles.